The number of alkyl halides is 1. The molecule has 0 radical (unpaired) electrons. The number of aryl methyl sites for hydroxylation is 1. The maximum Gasteiger partial charge on any atom is 0.243 e. The molecule has 0 spiro atoms. The average molecular weight is 302 g/mol. The number of rotatable bonds is 3. The van der Waals surface area contributed by atoms with Crippen LogP contribution in [0.1, 0.15) is 31.4 Å². The van der Waals surface area contributed by atoms with Crippen molar-refractivity contribution in [3.63, 3.8) is 0 Å². The highest BCUT2D eigenvalue weighted by Gasteiger charge is 2.37. The zero-order valence-electron chi connectivity index (χ0n) is 11.6. The van der Waals surface area contributed by atoms with Crippen LogP contribution in [0.5, 0.6) is 0 Å². The molecular formula is C14H20ClNO2S. The largest absolute Gasteiger partial charge is 0.243 e. The van der Waals surface area contributed by atoms with Crippen molar-refractivity contribution >= 4 is 21.6 Å². The van der Waals surface area contributed by atoms with Crippen LogP contribution in [0.25, 0.3) is 0 Å². The molecule has 1 fully saturated rings. The van der Waals surface area contributed by atoms with Crippen LogP contribution in [0.4, 0.5) is 0 Å². The number of hydrogen-bond acceptors (Lipinski definition) is 2. The number of benzene rings is 1. The summed E-state index contributed by atoms with van der Waals surface area (Å²) in [4.78, 5) is 0.392. The smallest absolute Gasteiger partial charge is 0.207 e. The molecule has 2 rings (SSSR count). The third-order valence-electron chi connectivity index (χ3n) is 3.67. The fourth-order valence-electron chi connectivity index (χ4n) is 2.41. The van der Waals surface area contributed by atoms with Gasteiger partial charge in [-0.25, -0.2) is 8.42 Å². The molecule has 0 aromatic heterocycles. The first-order valence-electron chi connectivity index (χ1n) is 6.42. The Hall–Kier alpha value is -0.580. The summed E-state index contributed by atoms with van der Waals surface area (Å²) in [5.74, 6) is 0.328. The quantitative estimate of drug-likeness (QED) is 0.804. The Bertz CT molecular complexity index is 581. The summed E-state index contributed by atoms with van der Waals surface area (Å²) in [7, 11) is -3.40. The molecule has 5 heteroatoms. The third-order valence-corrected chi connectivity index (χ3v) is 5.96. The molecule has 0 amide bonds. The van der Waals surface area contributed by atoms with Gasteiger partial charge in [0.2, 0.25) is 10.0 Å². The number of nitrogens with zero attached hydrogens (tertiary/aromatic N) is 1. The van der Waals surface area contributed by atoms with Crippen molar-refractivity contribution in [2.24, 2.45) is 5.41 Å². The lowest BCUT2D eigenvalue weighted by molar-refractivity contribution is 0.375. The zero-order chi connectivity index (χ0) is 14.3. The Morgan fingerprint density at radius 1 is 1.37 bits per heavy atom. The normalized spacial score (nSPS) is 19.8. The number of halogens is 1. The SMILES string of the molecule is Cc1ccc(CCl)cc1S(=O)(=O)N1CCC(C)(C)C1. The summed E-state index contributed by atoms with van der Waals surface area (Å²) in [6.45, 7) is 7.21. The molecule has 0 saturated carbocycles. The highest BCUT2D eigenvalue weighted by molar-refractivity contribution is 7.89. The van der Waals surface area contributed by atoms with Gasteiger partial charge >= 0.3 is 0 Å². The Morgan fingerprint density at radius 2 is 2.05 bits per heavy atom. The lowest BCUT2D eigenvalue weighted by atomic mass is 9.93. The molecule has 1 saturated heterocycles. The second kappa shape index (κ2) is 5.08. The average Bonchev–Trinajstić information content (AvgIpc) is 2.71. The van der Waals surface area contributed by atoms with E-state index >= 15 is 0 Å². The molecule has 1 aromatic carbocycles. The van der Waals surface area contributed by atoms with Crippen molar-refractivity contribution in [2.45, 2.75) is 38.0 Å². The number of hydrogen-bond donors (Lipinski definition) is 0. The van der Waals surface area contributed by atoms with Gasteiger partial charge in [-0.15, -0.1) is 11.6 Å². The van der Waals surface area contributed by atoms with Crippen LogP contribution < -0.4 is 0 Å². The van der Waals surface area contributed by atoms with Crippen LogP contribution >= 0.6 is 11.6 Å². The summed E-state index contributed by atoms with van der Waals surface area (Å²) in [6, 6.07) is 5.39. The van der Waals surface area contributed by atoms with Crippen LogP contribution in [0, 0.1) is 12.3 Å². The third kappa shape index (κ3) is 2.96. The van der Waals surface area contributed by atoms with Gasteiger partial charge in [-0.2, -0.15) is 4.31 Å². The molecule has 1 aliphatic heterocycles. The predicted molar refractivity (Wildman–Crippen MR) is 77.9 cm³/mol. The summed E-state index contributed by atoms with van der Waals surface area (Å²) in [5, 5.41) is 0. The lowest BCUT2D eigenvalue weighted by Crippen LogP contribution is -2.30. The molecule has 0 N–H and O–H groups in total. The summed E-state index contributed by atoms with van der Waals surface area (Å²) in [5.41, 5.74) is 1.67. The van der Waals surface area contributed by atoms with E-state index in [1.54, 1.807) is 10.4 Å². The van der Waals surface area contributed by atoms with Gasteiger partial charge in [0, 0.05) is 19.0 Å². The minimum atomic E-state index is -3.40. The Kier molecular flexibility index (Phi) is 3.96. The molecule has 19 heavy (non-hydrogen) atoms. The molecule has 0 bridgehead atoms. The molecule has 1 aliphatic rings. The molecular weight excluding hydrogens is 282 g/mol. The van der Waals surface area contributed by atoms with Crippen molar-refractivity contribution in [1.82, 2.24) is 4.31 Å². The maximum atomic E-state index is 12.7. The molecule has 3 nitrogen and oxygen atoms in total. The molecule has 106 valence electrons. The van der Waals surface area contributed by atoms with E-state index in [0.29, 0.717) is 23.9 Å². The molecule has 1 aromatic rings. The molecule has 0 aliphatic carbocycles. The predicted octanol–water partition coefficient (Wildman–Crippen LogP) is 3.15. The summed E-state index contributed by atoms with van der Waals surface area (Å²) < 4.78 is 27.0. The maximum absolute atomic E-state index is 12.7. The van der Waals surface area contributed by atoms with E-state index in [-0.39, 0.29) is 5.41 Å². The molecule has 1 heterocycles. The van der Waals surface area contributed by atoms with E-state index in [0.717, 1.165) is 17.5 Å². The van der Waals surface area contributed by atoms with E-state index in [9.17, 15) is 8.42 Å². The monoisotopic (exact) mass is 301 g/mol. The van der Waals surface area contributed by atoms with Gasteiger partial charge in [0.05, 0.1) is 4.90 Å². The van der Waals surface area contributed by atoms with Crippen molar-refractivity contribution in [2.75, 3.05) is 13.1 Å². The van der Waals surface area contributed by atoms with E-state index in [4.69, 9.17) is 11.6 Å². The van der Waals surface area contributed by atoms with Gasteiger partial charge in [0.1, 0.15) is 0 Å². The summed E-state index contributed by atoms with van der Waals surface area (Å²) >= 11 is 5.80. The van der Waals surface area contributed by atoms with Crippen molar-refractivity contribution in [1.29, 1.82) is 0 Å². The first-order valence-corrected chi connectivity index (χ1v) is 8.39. The van der Waals surface area contributed by atoms with Gasteiger partial charge in [-0.1, -0.05) is 26.0 Å². The minimum Gasteiger partial charge on any atom is -0.207 e. The fraction of sp³-hybridized carbons (Fsp3) is 0.571. The van der Waals surface area contributed by atoms with Crippen LogP contribution in [0.15, 0.2) is 23.1 Å². The fourth-order valence-corrected chi connectivity index (χ4v) is 4.48. The summed E-state index contributed by atoms with van der Waals surface area (Å²) in [6.07, 6.45) is 0.903. The van der Waals surface area contributed by atoms with Gasteiger partial charge < -0.3 is 0 Å². The van der Waals surface area contributed by atoms with E-state index in [1.165, 1.54) is 0 Å². The zero-order valence-corrected chi connectivity index (χ0v) is 13.2. The van der Waals surface area contributed by atoms with Crippen molar-refractivity contribution in [3.05, 3.63) is 29.3 Å². The first kappa shape index (κ1) is 14.8. The van der Waals surface area contributed by atoms with E-state index < -0.39 is 10.0 Å². The standard InChI is InChI=1S/C14H20ClNO2S/c1-11-4-5-12(9-15)8-13(11)19(17,18)16-7-6-14(2,3)10-16/h4-5,8H,6-7,9-10H2,1-3H3. The highest BCUT2D eigenvalue weighted by Crippen LogP contribution is 2.33. The van der Waals surface area contributed by atoms with Crippen LogP contribution in [0.3, 0.4) is 0 Å². The highest BCUT2D eigenvalue weighted by atomic mass is 35.5. The van der Waals surface area contributed by atoms with E-state index in [2.05, 4.69) is 13.8 Å². The van der Waals surface area contributed by atoms with Crippen LogP contribution in [-0.4, -0.2) is 25.8 Å². The van der Waals surface area contributed by atoms with Gasteiger partial charge in [0.25, 0.3) is 0 Å². The van der Waals surface area contributed by atoms with Crippen LogP contribution in [-0.2, 0) is 15.9 Å². The van der Waals surface area contributed by atoms with Gasteiger partial charge in [-0.3, -0.25) is 0 Å². The van der Waals surface area contributed by atoms with Gasteiger partial charge in [-0.05, 0) is 36.0 Å². The van der Waals surface area contributed by atoms with Crippen molar-refractivity contribution < 1.29 is 8.42 Å². The first-order chi connectivity index (χ1) is 8.76. The lowest BCUT2D eigenvalue weighted by Gasteiger charge is -2.21. The molecule has 0 unspecified atom stereocenters. The Balaban J connectivity index is 2.40. The second-order valence-electron chi connectivity index (χ2n) is 5.99. The van der Waals surface area contributed by atoms with Crippen molar-refractivity contribution in [3.8, 4) is 0 Å². The molecule has 0 atom stereocenters. The second-order valence-corrected chi connectivity index (χ2v) is 8.16. The van der Waals surface area contributed by atoms with Gasteiger partial charge in [0.15, 0.2) is 0 Å². The van der Waals surface area contributed by atoms with Crippen LogP contribution in [0.2, 0.25) is 0 Å². The minimum absolute atomic E-state index is 0.0606. The van der Waals surface area contributed by atoms with E-state index in [1.807, 2.05) is 19.1 Å². The topological polar surface area (TPSA) is 37.4 Å². The Labute approximate surface area is 120 Å². The number of sulfonamides is 1. The Morgan fingerprint density at radius 3 is 2.58 bits per heavy atom.